The third-order valence-corrected chi connectivity index (χ3v) is 6.26. The van der Waals surface area contributed by atoms with Gasteiger partial charge in [0.2, 0.25) is 0 Å². The highest BCUT2D eigenvalue weighted by molar-refractivity contribution is 8.27. The summed E-state index contributed by atoms with van der Waals surface area (Å²) in [5.74, 6) is -0.487. The lowest BCUT2D eigenvalue weighted by Gasteiger charge is -2.12. The molecule has 1 aliphatic rings. The van der Waals surface area contributed by atoms with Crippen LogP contribution in [0.4, 0.5) is 11.4 Å². The second-order valence-corrected chi connectivity index (χ2v) is 8.42. The minimum absolute atomic E-state index is 0.116. The van der Waals surface area contributed by atoms with E-state index in [0.717, 1.165) is 11.8 Å². The van der Waals surface area contributed by atoms with Crippen molar-refractivity contribution >= 4 is 51.7 Å². The maximum atomic E-state index is 13.3. The van der Waals surface area contributed by atoms with Crippen molar-refractivity contribution in [1.29, 1.82) is 0 Å². The van der Waals surface area contributed by atoms with Gasteiger partial charge in [-0.2, -0.15) is 0 Å². The van der Waals surface area contributed by atoms with Gasteiger partial charge in [-0.25, -0.2) is 4.68 Å². The molecule has 0 N–H and O–H groups in total. The molecule has 0 bridgehead atoms. The summed E-state index contributed by atoms with van der Waals surface area (Å²) in [6.45, 7) is 1.74. The number of nitro benzene ring substituents is 1. The van der Waals surface area contributed by atoms with E-state index in [1.807, 2.05) is 18.2 Å². The van der Waals surface area contributed by atoms with Crippen molar-refractivity contribution in [3.05, 3.63) is 91.2 Å². The lowest BCUT2D eigenvalue weighted by atomic mass is 10.1. The molecule has 2 heterocycles. The monoisotopic (exact) mass is 452 g/mol. The van der Waals surface area contributed by atoms with Gasteiger partial charge in [-0.1, -0.05) is 54.3 Å². The molecule has 0 spiro atoms. The number of nitrogens with zero attached hydrogens (tertiary/aromatic N) is 4. The fraction of sp³-hybridized carbons (Fsp3) is 0.0952. The molecule has 1 amide bonds. The van der Waals surface area contributed by atoms with Crippen molar-refractivity contribution in [1.82, 2.24) is 9.36 Å². The fourth-order valence-electron chi connectivity index (χ4n) is 3.39. The van der Waals surface area contributed by atoms with Crippen LogP contribution in [0.15, 0.2) is 64.3 Å². The largest absolute Gasteiger partial charge is 0.296 e. The van der Waals surface area contributed by atoms with E-state index >= 15 is 0 Å². The second-order valence-electron chi connectivity index (χ2n) is 6.74. The number of carbonyl (C=O) groups excluding carboxylic acids is 1. The summed E-state index contributed by atoms with van der Waals surface area (Å²) in [6, 6.07) is 15.2. The van der Waals surface area contributed by atoms with Gasteiger partial charge in [0.05, 0.1) is 26.8 Å². The number of amides is 1. The zero-order chi connectivity index (χ0) is 22.3. The Hall–Kier alpha value is -3.50. The van der Waals surface area contributed by atoms with E-state index in [1.54, 1.807) is 49.0 Å². The van der Waals surface area contributed by atoms with E-state index in [4.69, 9.17) is 12.2 Å². The number of carbonyl (C=O) groups is 1. The van der Waals surface area contributed by atoms with Crippen molar-refractivity contribution < 1.29 is 9.72 Å². The number of rotatable bonds is 4. The molecule has 3 aromatic rings. The first-order valence-electron chi connectivity index (χ1n) is 9.16. The van der Waals surface area contributed by atoms with Crippen molar-refractivity contribution in [3.63, 3.8) is 0 Å². The highest BCUT2D eigenvalue weighted by atomic mass is 32.2. The van der Waals surface area contributed by atoms with Gasteiger partial charge < -0.3 is 0 Å². The molecule has 1 aliphatic heterocycles. The van der Waals surface area contributed by atoms with E-state index in [9.17, 15) is 19.7 Å². The third-order valence-electron chi connectivity index (χ3n) is 4.96. The van der Waals surface area contributed by atoms with Crippen LogP contribution in [0.2, 0.25) is 0 Å². The number of para-hydroxylation sites is 2. The minimum Gasteiger partial charge on any atom is -0.283 e. The summed E-state index contributed by atoms with van der Waals surface area (Å²) in [7, 11) is 1.73. The van der Waals surface area contributed by atoms with Crippen molar-refractivity contribution in [2.75, 3.05) is 4.90 Å². The quantitative estimate of drug-likeness (QED) is 0.259. The summed E-state index contributed by atoms with van der Waals surface area (Å²) in [6.07, 6.45) is 1.44. The molecule has 8 nitrogen and oxygen atoms in total. The molecule has 0 radical (unpaired) electrons. The number of thiocarbonyl (C=S) groups is 1. The maximum Gasteiger partial charge on any atom is 0.296 e. The average Bonchev–Trinajstić information content (AvgIpc) is 3.14. The van der Waals surface area contributed by atoms with Crippen LogP contribution in [-0.4, -0.2) is 24.5 Å². The molecule has 1 aromatic heterocycles. The van der Waals surface area contributed by atoms with Crippen LogP contribution in [0.1, 0.15) is 11.3 Å². The molecule has 1 fully saturated rings. The first-order chi connectivity index (χ1) is 14.8. The van der Waals surface area contributed by atoms with E-state index in [2.05, 4.69) is 0 Å². The third kappa shape index (κ3) is 3.49. The van der Waals surface area contributed by atoms with Crippen molar-refractivity contribution in [2.24, 2.45) is 7.05 Å². The SMILES string of the molecule is Cc1c(N2C(=O)/C(=C\c3ccccc3[N+](=O)[O-])SC2=S)c(=O)n(-c2ccccc2)n1C. The molecular formula is C21H16N4O4S2. The summed E-state index contributed by atoms with van der Waals surface area (Å²) in [4.78, 5) is 38.7. The average molecular weight is 453 g/mol. The van der Waals surface area contributed by atoms with Crippen LogP contribution in [0, 0.1) is 17.0 Å². The molecule has 2 aromatic carbocycles. The van der Waals surface area contributed by atoms with Crippen LogP contribution < -0.4 is 10.5 Å². The number of hydrogen-bond donors (Lipinski definition) is 0. The van der Waals surface area contributed by atoms with E-state index < -0.39 is 10.8 Å². The Kier molecular flexibility index (Phi) is 5.34. The topological polar surface area (TPSA) is 90.4 Å². The molecule has 156 valence electrons. The molecule has 0 unspecified atom stereocenters. The Labute approximate surface area is 186 Å². The number of hydrogen-bond acceptors (Lipinski definition) is 6. The number of benzene rings is 2. The highest BCUT2D eigenvalue weighted by Gasteiger charge is 2.38. The smallest absolute Gasteiger partial charge is 0.283 e. The van der Waals surface area contributed by atoms with E-state index in [1.165, 1.54) is 21.7 Å². The van der Waals surface area contributed by atoms with Gasteiger partial charge in [0.25, 0.3) is 17.2 Å². The number of nitro groups is 1. The standard InChI is InChI=1S/C21H16N4O4S2/c1-13-18(20(27)24(22(13)2)15-9-4-3-5-10-15)23-19(26)17(31-21(23)30)12-14-8-6-7-11-16(14)25(28)29/h3-12H,1-2H3/b17-12+. The molecule has 4 rings (SSSR count). The van der Waals surface area contributed by atoms with Crippen molar-refractivity contribution in [2.45, 2.75) is 6.92 Å². The molecule has 10 heteroatoms. The Morgan fingerprint density at radius 2 is 1.71 bits per heavy atom. The Morgan fingerprint density at radius 1 is 1.06 bits per heavy atom. The summed E-state index contributed by atoms with van der Waals surface area (Å²) in [5, 5.41) is 11.3. The van der Waals surface area contributed by atoms with Crippen LogP contribution in [0.3, 0.4) is 0 Å². The van der Waals surface area contributed by atoms with E-state index in [0.29, 0.717) is 16.9 Å². The summed E-state index contributed by atoms with van der Waals surface area (Å²) >= 11 is 6.41. The minimum atomic E-state index is -0.507. The molecule has 0 aliphatic carbocycles. The molecular weight excluding hydrogens is 436 g/mol. The van der Waals surface area contributed by atoms with Gasteiger partial charge in [0.15, 0.2) is 4.32 Å². The molecule has 0 atom stereocenters. The Balaban J connectivity index is 1.80. The predicted octanol–water partition coefficient (Wildman–Crippen LogP) is 3.80. The summed E-state index contributed by atoms with van der Waals surface area (Å²) < 4.78 is 3.33. The van der Waals surface area contributed by atoms with Crippen LogP contribution in [-0.2, 0) is 11.8 Å². The van der Waals surface area contributed by atoms with Gasteiger partial charge in [-0.3, -0.25) is 29.3 Å². The molecule has 31 heavy (non-hydrogen) atoms. The molecule has 1 saturated heterocycles. The number of anilines is 1. The lowest BCUT2D eigenvalue weighted by molar-refractivity contribution is -0.385. The predicted molar refractivity (Wildman–Crippen MR) is 124 cm³/mol. The van der Waals surface area contributed by atoms with Gasteiger partial charge in [0.1, 0.15) is 5.69 Å². The van der Waals surface area contributed by atoms with Gasteiger partial charge in [-0.05, 0) is 31.2 Å². The highest BCUT2D eigenvalue weighted by Crippen LogP contribution is 2.37. The zero-order valence-corrected chi connectivity index (χ0v) is 18.1. The molecule has 0 saturated carbocycles. The second kappa shape index (κ2) is 7.97. The van der Waals surface area contributed by atoms with E-state index in [-0.39, 0.29) is 26.2 Å². The van der Waals surface area contributed by atoms with Gasteiger partial charge in [0, 0.05) is 13.1 Å². The lowest BCUT2D eigenvalue weighted by Crippen LogP contribution is -2.33. The van der Waals surface area contributed by atoms with Crippen LogP contribution in [0.5, 0.6) is 0 Å². The Morgan fingerprint density at radius 3 is 2.39 bits per heavy atom. The zero-order valence-electron chi connectivity index (χ0n) is 16.5. The van der Waals surface area contributed by atoms with Gasteiger partial charge in [-0.15, -0.1) is 0 Å². The maximum absolute atomic E-state index is 13.3. The Bertz CT molecular complexity index is 1320. The van der Waals surface area contributed by atoms with Crippen LogP contribution >= 0.6 is 24.0 Å². The number of aromatic nitrogens is 2. The summed E-state index contributed by atoms with van der Waals surface area (Å²) in [5.41, 5.74) is 1.19. The first kappa shape index (κ1) is 20.8. The number of thioether (sulfide) groups is 1. The van der Waals surface area contributed by atoms with Gasteiger partial charge >= 0.3 is 0 Å². The normalized spacial score (nSPS) is 15.2. The van der Waals surface area contributed by atoms with Crippen molar-refractivity contribution in [3.8, 4) is 5.69 Å². The first-order valence-corrected chi connectivity index (χ1v) is 10.4. The fourth-order valence-corrected chi connectivity index (χ4v) is 4.65. The van der Waals surface area contributed by atoms with Crippen LogP contribution in [0.25, 0.3) is 11.8 Å².